The standard InChI is InChI=1S/C23H27N7O2.ClH/c1-25-11-13-32-20-6-2-5-19(29-20)18-14-27-23-17(8-10-26-23)22(18)28-16-4-3-12-30(15-16)21(31)7-9-24;/h2,5-6,8,10,14,16,25H,3-4,7,11-13,15H2,1H3,(H2,26,27,28);1H. The van der Waals surface area contributed by atoms with Gasteiger partial charge in [0.1, 0.15) is 18.7 Å². The maximum Gasteiger partial charge on any atom is 0.236 e. The number of H-pyrrole nitrogens is 1. The van der Waals surface area contributed by atoms with Gasteiger partial charge in [-0.05, 0) is 32.0 Å². The van der Waals surface area contributed by atoms with E-state index in [0.717, 1.165) is 47.4 Å². The lowest BCUT2D eigenvalue weighted by atomic mass is 10.0. The third-order valence-electron chi connectivity index (χ3n) is 5.54. The molecule has 4 rings (SSSR count). The first-order valence-electron chi connectivity index (χ1n) is 10.8. The highest BCUT2D eigenvalue weighted by molar-refractivity contribution is 5.97. The molecule has 0 aliphatic carbocycles. The van der Waals surface area contributed by atoms with Crippen LogP contribution in [0.5, 0.6) is 5.88 Å². The van der Waals surface area contributed by atoms with Gasteiger partial charge in [0.2, 0.25) is 11.8 Å². The molecule has 1 atom stereocenters. The summed E-state index contributed by atoms with van der Waals surface area (Å²) >= 11 is 0. The highest BCUT2D eigenvalue weighted by Gasteiger charge is 2.25. The smallest absolute Gasteiger partial charge is 0.236 e. The topological polar surface area (TPSA) is 119 Å². The van der Waals surface area contributed by atoms with Crippen molar-refractivity contribution in [1.82, 2.24) is 25.2 Å². The SMILES string of the molecule is CNCCOc1cccc(-c2cnc3[nH]ccc3c2NC2CCCN(C(=O)CC#N)C2)n1.Cl. The lowest BCUT2D eigenvalue weighted by Gasteiger charge is -2.34. The number of hydrogen-bond donors (Lipinski definition) is 3. The first kappa shape index (κ1) is 24.3. The minimum Gasteiger partial charge on any atom is -0.476 e. The van der Waals surface area contributed by atoms with E-state index in [1.165, 1.54) is 0 Å². The summed E-state index contributed by atoms with van der Waals surface area (Å²) in [6.07, 6.45) is 5.41. The first-order chi connectivity index (χ1) is 15.7. The van der Waals surface area contributed by atoms with E-state index < -0.39 is 0 Å². The molecule has 3 aromatic rings. The Kier molecular flexibility index (Phi) is 8.46. The number of hydrogen-bond acceptors (Lipinski definition) is 7. The summed E-state index contributed by atoms with van der Waals surface area (Å²) < 4.78 is 5.74. The van der Waals surface area contributed by atoms with Crippen molar-refractivity contribution in [2.24, 2.45) is 0 Å². The Bertz CT molecular complexity index is 1130. The van der Waals surface area contributed by atoms with Crippen molar-refractivity contribution in [1.29, 1.82) is 5.26 Å². The number of piperidine rings is 1. The van der Waals surface area contributed by atoms with Crippen LogP contribution in [-0.4, -0.2) is 65.1 Å². The van der Waals surface area contributed by atoms with Crippen molar-refractivity contribution in [3.8, 4) is 23.2 Å². The zero-order chi connectivity index (χ0) is 22.3. The number of nitrogens with zero attached hydrogens (tertiary/aromatic N) is 4. The Morgan fingerprint density at radius 1 is 1.39 bits per heavy atom. The van der Waals surface area contributed by atoms with Gasteiger partial charge in [-0.3, -0.25) is 4.79 Å². The zero-order valence-electron chi connectivity index (χ0n) is 18.5. The Balaban J connectivity index is 0.00000306. The van der Waals surface area contributed by atoms with E-state index >= 15 is 0 Å². The second-order valence-corrected chi connectivity index (χ2v) is 7.76. The third-order valence-corrected chi connectivity index (χ3v) is 5.54. The largest absolute Gasteiger partial charge is 0.476 e. The van der Waals surface area contributed by atoms with Crippen molar-refractivity contribution < 1.29 is 9.53 Å². The lowest BCUT2D eigenvalue weighted by Crippen LogP contribution is -2.45. The van der Waals surface area contributed by atoms with E-state index in [1.54, 1.807) is 4.90 Å². The molecule has 1 unspecified atom stereocenters. The molecule has 10 heteroatoms. The number of aromatic nitrogens is 3. The van der Waals surface area contributed by atoms with Crippen LogP contribution in [0, 0.1) is 11.3 Å². The summed E-state index contributed by atoms with van der Waals surface area (Å²) in [5, 5.41) is 16.5. The van der Waals surface area contributed by atoms with Crippen LogP contribution in [0.1, 0.15) is 19.3 Å². The predicted octanol–water partition coefficient (Wildman–Crippen LogP) is 2.96. The van der Waals surface area contributed by atoms with Crippen LogP contribution in [0.25, 0.3) is 22.3 Å². The van der Waals surface area contributed by atoms with E-state index in [0.29, 0.717) is 25.6 Å². The Morgan fingerprint density at radius 3 is 3.09 bits per heavy atom. The maximum atomic E-state index is 12.2. The van der Waals surface area contributed by atoms with Crippen LogP contribution in [-0.2, 0) is 4.79 Å². The number of anilines is 1. The van der Waals surface area contributed by atoms with Gasteiger partial charge < -0.3 is 25.3 Å². The molecule has 1 amide bonds. The van der Waals surface area contributed by atoms with Crippen LogP contribution in [0.4, 0.5) is 5.69 Å². The van der Waals surface area contributed by atoms with E-state index in [1.807, 2.05) is 49.8 Å². The number of carbonyl (C=O) groups excluding carboxylic acids is 1. The summed E-state index contributed by atoms with van der Waals surface area (Å²) in [6.45, 7) is 2.52. The molecule has 4 heterocycles. The van der Waals surface area contributed by atoms with Gasteiger partial charge in [0.25, 0.3) is 0 Å². The lowest BCUT2D eigenvalue weighted by molar-refractivity contribution is -0.131. The van der Waals surface area contributed by atoms with Crippen LogP contribution in [0.15, 0.2) is 36.7 Å². The zero-order valence-corrected chi connectivity index (χ0v) is 19.3. The number of nitriles is 1. The number of rotatable bonds is 8. The van der Waals surface area contributed by atoms with Crippen molar-refractivity contribution in [2.75, 3.05) is 38.6 Å². The fraction of sp³-hybridized carbons (Fsp3) is 0.391. The molecule has 9 nitrogen and oxygen atoms in total. The van der Waals surface area contributed by atoms with Gasteiger partial charge in [0.05, 0.1) is 17.5 Å². The number of pyridine rings is 2. The fourth-order valence-corrected chi connectivity index (χ4v) is 3.97. The Morgan fingerprint density at radius 2 is 2.27 bits per heavy atom. The number of likely N-dealkylation sites (N-methyl/N-ethyl adjacent to an activating group) is 1. The average molecular weight is 470 g/mol. The van der Waals surface area contributed by atoms with Crippen LogP contribution < -0.4 is 15.4 Å². The van der Waals surface area contributed by atoms with E-state index in [9.17, 15) is 4.79 Å². The Hall–Kier alpha value is -3.35. The first-order valence-corrected chi connectivity index (χ1v) is 10.8. The van der Waals surface area contributed by atoms with Gasteiger partial charge in [0.15, 0.2) is 0 Å². The summed E-state index contributed by atoms with van der Waals surface area (Å²) in [6, 6.07) is 9.72. The van der Waals surface area contributed by atoms with Crippen molar-refractivity contribution >= 4 is 35.0 Å². The van der Waals surface area contributed by atoms with Gasteiger partial charge in [-0.25, -0.2) is 9.97 Å². The number of nitrogens with one attached hydrogen (secondary N) is 3. The molecule has 3 aromatic heterocycles. The highest BCUT2D eigenvalue weighted by Crippen LogP contribution is 2.34. The molecule has 1 aliphatic heterocycles. The molecular weight excluding hydrogens is 442 g/mol. The minimum atomic E-state index is -0.117. The van der Waals surface area contributed by atoms with Crippen LogP contribution in [0.2, 0.25) is 0 Å². The molecule has 33 heavy (non-hydrogen) atoms. The maximum absolute atomic E-state index is 12.2. The minimum absolute atomic E-state index is 0. The average Bonchev–Trinajstić information content (AvgIpc) is 3.29. The van der Waals surface area contributed by atoms with Gasteiger partial charge in [-0.1, -0.05) is 6.07 Å². The molecule has 0 aromatic carbocycles. The van der Waals surface area contributed by atoms with E-state index in [-0.39, 0.29) is 30.8 Å². The number of aromatic amines is 1. The van der Waals surface area contributed by atoms with Gasteiger partial charge in [-0.15, -0.1) is 12.4 Å². The molecule has 0 bridgehead atoms. The molecule has 0 radical (unpaired) electrons. The summed E-state index contributed by atoms with van der Waals surface area (Å²) in [7, 11) is 1.88. The van der Waals surface area contributed by atoms with Crippen LogP contribution >= 0.6 is 12.4 Å². The molecule has 174 valence electrons. The number of fused-ring (bicyclic) bond motifs is 1. The van der Waals surface area contributed by atoms with E-state index in [2.05, 4.69) is 25.6 Å². The number of halogens is 1. The van der Waals surface area contributed by atoms with Crippen LogP contribution in [0.3, 0.4) is 0 Å². The predicted molar refractivity (Wildman–Crippen MR) is 129 cm³/mol. The third kappa shape index (κ3) is 5.72. The summed E-state index contributed by atoms with van der Waals surface area (Å²) in [5.74, 6) is 0.442. The van der Waals surface area contributed by atoms with Gasteiger partial charge in [-0.2, -0.15) is 5.26 Å². The normalized spacial score (nSPS) is 15.5. The van der Waals surface area contributed by atoms with Gasteiger partial charge in [0, 0.05) is 55.1 Å². The molecule has 1 aliphatic rings. The number of ether oxygens (including phenoxy) is 1. The Labute approximate surface area is 199 Å². The van der Waals surface area contributed by atoms with Crippen molar-refractivity contribution in [3.05, 3.63) is 36.7 Å². The number of carbonyl (C=O) groups is 1. The van der Waals surface area contributed by atoms with Crippen molar-refractivity contribution in [3.63, 3.8) is 0 Å². The molecule has 1 fully saturated rings. The number of amides is 1. The quantitative estimate of drug-likeness (QED) is 0.434. The van der Waals surface area contributed by atoms with E-state index in [4.69, 9.17) is 10.00 Å². The number of likely N-dealkylation sites (tertiary alicyclic amines) is 1. The molecule has 3 N–H and O–H groups in total. The summed E-state index contributed by atoms with van der Waals surface area (Å²) in [5.41, 5.74) is 3.34. The highest BCUT2D eigenvalue weighted by atomic mass is 35.5. The summed E-state index contributed by atoms with van der Waals surface area (Å²) in [4.78, 5) is 26.4. The fourth-order valence-electron chi connectivity index (χ4n) is 3.97. The van der Waals surface area contributed by atoms with Crippen molar-refractivity contribution in [2.45, 2.75) is 25.3 Å². The second-order valence-electron chi connectivity index (χ2n) is 7.76. The second kappa shape index (κ2) is 11.5. The molecular formula is C23H28ClN7O2. The molecule has 0 spiro atoms. The molecule has 1 saturated heterocycles. The van der Waals surface area contributed by atoms with Gasteiger partial charge >= 0.3 is 0 Å². The monoisotopic (exact) mass is 469 g/mol. The molecule has 0 saturated carbocycles.